The summed E-state index contributed by atoms with van der Waals surface area (Å²) in [6.07, 6.45) is 0. The first-order valence-electron chi connectivity index (χ1n) is 20.1. The second-order valence-electron chi connectivity index (χ2n) is 14.9. The minimum atomic E-state index is 1.10. The average molecular weight is 771 g/mol. The summed E-state index contributed by atoms with van der Waals surface area (Å²) in [5.41, 5.74) is 16.6. The van der Waals surface area contributed by atoms with Gasteiger partial charge in [-0.15, -0.1) is 11.3 Å². The molecule has 0 spiro atoms. The maximum absolute atomic E-state index is 2.43. The Labute approximate surface area is 348 Å². The van der Waals surface area contributed by atoms with Crippen molar-refractivity contribution >= 4 is 59.6 Å². The van der Waals surface area contributed by atoms with Crippen LogP contribution in [0.2, 0.25) is 0 Å². The molecule has 2 heterocycles. The largest absolute Gasteiger partial charge is 0.310 e. The van der Waals surface area contributed by atoms with E-state index in [4.69, 9.17) is 0 Å². The molecule has 11 rings (SSSR count). The van der Waals surface area contributed by atoms with E-state index in [1.165, 1.54) is 81.4 Å². The molecule has 0 aliphatic heterocycles. The number of benzene rings is 9. The molecule has 0 bridgehead atoms. The van der Waals surface area contributed by atoms with E-state index >= 15 is 0 Å². The van der Waals surface area contributed by atoms with Gasteiger partial charge in [0.1, 0.15) is 0 Å². The highest BCUT2D eigenvalue weighted by Crippen LogP contribution is 2.46. The second kappa shape index (κ2) is 14.8. The van der Waals surface area contributed by atoms with Crippen molar-refractivity contribution in [1.29, 1.82) is 0 Å². The molecule has 0 radical (unpaired) electrons. The standard InChI is InChI=1S/C56H38N2S/c1-4-14-39(15-5-1)41-26-28-43(29-27-41)45-18-12-21-49(38-45)57(47-34-30-42(31-35-47)40-16-6-2-7-17-40)48-36-32-44(33-37-48)50-23-13-24-52-54-56(59-55(50)52)51-22-10-11-25-53(51)58(54)46-19-8-3-9-20-46/h1-38H. The van der Waals surface area contributed by atoms with Crippen molar-refractivity contribution in [2.24, 2.45) is 0 Å². The van der Waals surface area contributed by atoms with Crippen molar-refractivity contribution in [2.45, 2.75) is 0 Å². The van der Waals surface area contributed by atoms with E-state index in [1.807, 2.05) is 11.3 Å². The van der Waals surface area contributed by atoms with Gasteiger partial charge >= 0.3 is 0 Å². The van der Waals surface area contributed by atoms with Crippen molar-refractivity contribution in [1.82, 2.24) is 4.57 Å². The fourth-order valence-corrected chi connectivity index (χ4v) is 9.90. The zero-order chi connectivity index (χ0) is 39.1. The molecule has 3 heteroatoms. The van der Waals surface area contributed by atoms with Crippen LogP contribution in [0.25, 0.3) is 81.4 Å². The predicted octanol–water partition coefficient (Wildman–Crippen LogP) is 16.1. The first kappa shape index (κ1) is 34.8. The number of anilines is 3. The summed E-state index contributed by atoms with van der Waals surface area (Å²) < 4.78 is 5.06. The molecular formula is C56H38N2S. The first-order chi connectivity index (χ1) is 29.3. The van der Waals surface area contributed by atoms with E-state index in [0.29, 0.717) is 0 Å². The molecule has 2 nitrogen and oxygen atoms in total. The van der Waals surface area contributed by atoms with Crippen molar-refractivity contribution in [3.63, 3.8) is 0 Å². The van der Waals surface area contributed by atoms with Crippen LogP contribution in [0, 0.1) is 0 Å². The van der Waals surface area contributed by atoms with Crippen LogP contribution in [0.1, 0.15) is 0 Å². The van der Waals surface area contributed by atoms with Gasteiger partial charge < -0.3 is 9.47 Å². The van der Waals surface area contributed by atoms with Gasteiger partial charge in [0.2, 0.25) is 0 Å². The third kappa shape index (κ3) is 6.29. The molecule has 2 aromatic heterocycles. The van der Waals surface area contributed by atoms with E-state index in [1.54, 1.807) is 0 Å². The minimum Gasteiger partial charge on any atom is -0.310 e. The summed E-state index contributed by atoms with van der Waals surface area (Å²) in [6, 6.07) is 83.3. The first-order valence-corrected chi connectivity index (χ1v) is 20.9. The van der Waals surface area contributed by atoms with Crippen LogP contribution in [0.3, 0.4) is 0 Å². The maximum atomic E-state index is 2.43. The highest BCUT2D eigenvalue weighted by Gasteiger charge is 2.20. The van der Waals surface area contributed by atoms with Gasteiger partial charge in [-0.2, -0.15) is 0 Å². The highest BCUT2D eigenvalue weighted by molar-refractivity contribution is 7.27. The second-order valence-corrected chi connectivity index (χ2v) is 16.0. The lowest BCUT2D eigenvalue weighted by Crippen LogP contribution is -2.10. The Bertz CT molecular complexity index is 3220. The van der Waals surface area contributed by atoms with E-state index in [2.05, 4.69) is 240 Å². The van der Waals surface area contributed by atoms with Crippen molar-refractivity contribution < 1.29 is 0 Å². The molecule has 0 amide bonds. The van der Waals surface area contributed by atoms with Crippen molar-refractivity contribution in [3.05, 3.63) is 231 Å². The van der Waals surface area contributed by atoms with Gasteiger partial charge in [0.15, 0.2) is 0 Å². The summed E-state index contributed by atoms with van der Waals surface area (Å²) in [7, 11) is 0. The Morgan fingerprint density at radius 2 is 0.797 bits per heavy atom. The molecule has 0 N–H and O–H groups in total. The van der Waals surface area contributed by atoms with Gasteiger partial charge in [-0.25, -0.2) is 0 Å². The predicted molar refractivity (Wildman–Crippen MR) is 253 cm³/mol. The van der Waals surface area contributed by atoms with Gasteiger partial charge in [0.25, 0.3) is 0 Å². The monoisotopic (exact) mass is 770 g/mol. The quantitative estimate of drug-likeness (QED) is 0.149. The molecule has 59 heavy (non-hydrogen) atoms. The van der Waals surface area contributed by atoms with Gasteiger partial charge in [-0.3, -0.25) is 0 Å². The average Bonchev–Trinajstić information content (AvgIpc) is 3.86. The van der Waals surface area contributed by atoms with Crippen LogP contribution in [0.15, 0.2) is 231 Å². The maximum Gasteiger partial charge on any atom is 0.0727 e. The van der Waals surface area contributed by atoms with Crippen molar-refractivity contribution in [3.8, 4) is 50.2 Å². The summed E-state index contributed by atoms with van der Waals surface area (Å²) in [4.78, 5) is 2.37. The van der Waals surface area contributed by atoms with E-state index < -0.39 is 0 Å². The van der Waals surface area contributed by atoms with Crippen molar-refractivity contribution in [2.75, 3.05) is 4.90 Å². The number of hydrogen-bond acceptors (Lipinski definition) is 2. The number of aromatic nitrogens is 1. The molecule has 11 aromatic rings. The summed E-state index contributed by atoms with van der Waals surface area (Å²) >= 11 is 1.90. The smallest absolute Gasteiger partial charge is 0.0727 e. The minimum absolute atomic E-state index is 1.10. The third-order valence-electron chi connectivity index (χ3n) is 11.4. The molecule has 0 aliphatic carbocycles. The number of nitrogens with zero attached hydrogens (tertiary/aromatic N) is 2. The Hall–Kier alpha value is -7.46. The summed E-state index contributed by atoms with van der Waals surface area (Å²) in [5, 5.41) is 2.57. The third-order valence-corrected chi connectivity index (χ3v) is 12.7. The molecule has 278 valence electrons. The lowest BCUT2D eigenvalue weighted by Gasteiger charge is -2.26. The van der Waals surface area contributed by atoms with Crippen LogP contribution in [-0.2, 0) is 0 Å². The highest BCUT2D eigenvalue weighted by atomic mass is 32.1. The molecule has 0 aliphatic rings. The Kier molecular flexibility index (Phi) is 8.72. The van der Waals surface area contributed by atoms with Crippen LogP contribution in [0.5, 0.6) is 0 Å². The molecule has 0 saturated heterocycles. The lowest BCUT2D eigenvalue weighted by molar-refractivity contribution is 1.19. The van der Waals surface area contributed by atoms with E-state index in [9.17, 15) is 0 Å². The van der Waals surface area contributed by atoms with E-state index in [0.717, 1.165) is 17.1 Å². The zero-order valence-electron chi connectivity index (χ0n) is 32.2. The molecular weight excluding hydrogens is 733 g/mol. The fraction of sp³-hybridized carbons (Fsp3) is 0. The Balaban J connectivity index is 1.00. The Morgan fingerprint density at radius 1 is 0.322 bits per heavy atom. The van der Waals surface area contributed by atoms with Crippen LogP contribution in [0.4, 0.5) is 17.1 Å². The van der Waals surface area contributed by atoms with Gasteiger partial charge in [-0.1, -0.05) is 176 Å². The van der Waals surface area contributed by atoms with Gasteiger partial charge in [0, 0.05) is 38.2 Å². The number of hydrogen-bond donors (Lipinski definition) is 0. The lowest BCUT2D eigenvalue weighted by atomic mass is 9.99. The molecule has 0 fully saturated rings. The summed E-state index contributed by atoms with van der Waals surface area (Å²) in [6.45, 7) is 0. The van der Waals surface area contributed by atoms with Gasteiger partial charge in [-0.05, 0) is 99.1 Å². The zero-order valence-corrected chi connectivity index (χ0v) is 33.1. The SMILES string of the molecule is c1ccc(-c2ccc(-c3cccc(N(c4ccc(-c5ccccc5)cc4)c4ccc(-c5cccc6c5sc5c7ccccc7n(-c7ccccc7)c65)cc4)c3)cc2)cc1. The number of rotatable bonds is 8. The normalized spacial score (nSPS) is 11.4. The number of fused-ring (bicyclic) bond motifs is 5. The molecule has 0 saturated carbocycles. The molecule has 0 unspecified atom stereocenters. The Morgan fingerprint density at radius 3 is 1.44 bits per heavy atom. The summed E-state index contributed by atoms with van der Waals surface area (Å²) in [5.74, 6) is 0. The number of thiophene rings is 1. The molecule has 9 aromatic carbocycles. The fourth-order valence-electron chi connectivity index (χ4n) is 8.55. The number of para-hydroxylation sites is 2. The van der Waals surface area contributed by atoms with Crippen LogP contribution >= 0.6 is 11.3 Å². The molecule has 0 atom stereocenters. The topological polar surface area (TPSA) is 8.17 Å². The van der Waals surface area contributed by atoms with E-state index in [-0.39, 0.29) is 0 Å². The van der Waals surface area contributed by atoms with Crippen LogP contribution < -0.4 is 4.90 Å². The van der Waals surface area contributed by atoms with Gasteiger partial charge in [0.05, 0.1) is 15.7 Å². The van der Waals surface area contributed by atoms with Crippen LogP contribution in [-0.4, -0.2) is 4.57 Å².